The van der Waals surface area contributed by atoms with E-state index in [0.717, 1.165) is 6.07 Å². The Labute approximate surface area is 98.0 Å². The van der Waals surface area contributed by atoms with Crippen LogP contribution in [0.15, 0.2) is 24.3 Å². The lowest BCUT2D eigenvalue weighted by atomic mass is 9.96. The average Bonchev–Trinajstić information content (AvgIpc) is 2.26. The summed E-state index contributed by atoms with van der Waals surface area (Å²) in [5.74, 6) is -0.207. The van der Waals surface area contributed by atoms with Gasteiger partial charge in [0.2, 0.25) is 0 Å². The van der Waals surface area contributed by atoms with Gasteiger partial charge in [-0.25, -0.2) is 0 Å². The van der Waals surface area contributed by atoms with Crippen molar-refractivity contribution >= 4 is 0 Å². The second-order valence-electron chi connectivity index (χ2n) is 4.60. The van der Waals surface area contributed by atoms with Gasteiger partial charge in [0.1, 0.15) is 5.75 Å². The number of hydrogen-bond acceptors (Lipinski definition) is 2. The zero-order chi connectivity index (χ0) is 13.1. The number of benzene rings is 1. The van der Waals surface area contributed by atoms with Gasteiger partial charge < -0.3 is 9.84 Å². The van der Waals surface area contributed by atoms with Crippen molar-refractivity contribution < 1.29 is 23.0 Å². The molecule has 0 aromatic heterocycles. The summed E-state index contributed by atoms with van der Waals surface area (Å²) in [6.45, 7) is 3.30. The average molecular weight is 248 g/mol. The van der Waals surface area contributed by atoms with Gasteiger partial charge in [0.15, 0.2) is 0 Å². The molecule has 5 heteroatoms. The molecule has 0 unspecified atom stereocenters. The first-order valence-electron chi connectivity index (χ1n) is 5.16. The Kier molecular flexibility index (Phi) is 4.03. The fraction of sp³-hybridized carbons (Fsp3) is 0.500. The zero-order valence-electron chi connectivity index (χ0n) is 9.71. The molecule has 1 rings (SSSR count). The quantitative estimate of drug-likeness (QED) is 0.887. The van der Waals surface area contributed by atoms with Gasteiger partial charge in [-0.2, -0.15) is 13.2 Å². The maximum absolute atomic E-state index is 12.6. The number of para-hydroxylation sites is 1. The van der Waals surface area contributed by atoms with Crippen LogP contribution in [-0.4, -0.2) is 18.3 Å². The van der Waals surface area contributed by atoms with Gasteiger partial charge in [0, 0.05) is 5.41 Å². The van der Waals surface area contributed by atoms with Crippen LogP contribution in [0.25, 0.3) is 0 Å². The largest absolute Gasteiger partial charge is 0.492 e. The predicted octanol–water partition coefficient (Wildman–Crippen LogP) is 3.10. The third-order valence-corrected chi connectivity index (χ3v) is 2.24. The van der Waals surface area contributed by atoms with E-state index in [1.165, 1.54) is 18.2 Å². The first-order chi connectivity index (χ1) is 7.76. The Hall–Kier alpha value is -1.23. The first-order valence-corrected chi connectivity index (χ1v) is 5.16. The highest BCUT2D eigenvalue weighted by Crippen LogP contribution is 2.36. The summed E-state index contributed by atoms with van der Waals surface area (Å²) in [5, 5.41) is 9.00. The van der Waals surface area contributed by atoms with Crippen molar-refractivity contribution in [2.24, 2.45) is 5.41 Å². The van der Waals surface area contributed by atoms with Gasteiger partial charge in [-0.15, -0.1) is 0 Å². The van der Waals surface area contributed by atoms with Gasteiger partial charge in [0.05, 0.1) is 18.8 Å². The summed E-state index contributed by atoms with van der Waals surface area (Å²) in [7, 11) is 0. The highest BCUT2D eigenvalue weighted by molar-refractivity contribution is 5.35. The van der Waals surface area contributed by atoms with E-state index in [-0.39, 0.29) is 19.0 Å². The Bertz CT molecular complexity index is 372. The number of aliphatic hydroxyl groups excluding tert-OH is 1. The summed E-state index contributed by atoms with van der Waals surface area (Å²) in [5.41, 5.74) is -1.37. The molecule has 2 nitrogen and oxygen atoms in total. The van der Waals surface area contributed by atoms with E-state index in [1.807, 2.05) is 0 Å². The highest BCUT2D eigenvalue weighted by atomic mass is 19.4. The number of hydrogen-bond donors (Lipinski definition) is 1. The minimum absolute atomic E-state index is 0.0244. The van der Waals surface area contributed by atoms with Gasteiger partial charge in [-0.05, 0) is 12.1 Å². The van der Waals surface area contributed by atoms with E-state index < -0.39 is 17.2 Å². The highest BCUT2D eigenvalue weighted by Gasteiger charge is 2.34. The number of ether oxygens (including phenoxy) is 1. The molecule has 0 aliphatic carbocycles. The minimum Gasteiger partial charge on any atom is -0.492 e. The van der Waals surface area contributed by atoms with Crippen LogP contribution >= 0.6 is 0 Å². The lowest BCUT2D eigenvalue weighted by Gasteiger charge is -2.23. The second-order valence-corrected chi connectivity index (χ2v) is 4.60. The number of aliphatic hydroxyl groups is 1. The maximum Gasteiger partial charge on any atom is 0.419 e. The predicted molar refractivity (Wildman–Crippen MR) is 57.8 cm³/mol. The van der Waals surface area contributed by atoms with Crippen LogP contribution < -0.4 is 4.74 Å². The molecule has 0 radical (unpaired) electrons. The minimum atomic E-state index is -4.43. The van der Waals surface area contributed by atoms with Crippen LogP contribution in [0.5, 0.6) is 5.75 Å². The molecular formula is C12H15F3O2. The SMILES string of the molecule is CC(C)(CO)COc1ccccc1C(F)(F)F. The van der Waals surface area contributed by atoms with Crippen LogP contribution in [0.1, 0.15) is 19.4 Å². The molecule has 1 aromatic rings. The van der Waals surface area contributed by atoms with Crippen molar-refractivity contribution in [3.8, 4) is 5.75 Å². The lowest BCUT2D eigenvalue weighted by molar-refractivity contribution is -0.139. The summed E-state index contributed by atoms with van der Waals surface area (Å²) in [4.78, 5) is 0. The van der Waals surface area contributed by atoms with Gasteiger partial charge in [-0.3, -0.25) is 0 Å². The third kappa shape index (κ3) is 3.93. The maximum atomic E-state index is 12.6. The van der Waals surface area contributed by atoms with Crippen LogP contribution in [0.3, 0.4) is 0 Å². The molecule has 0 aliphatic rings. The molecule has 0 saturated carbocycles. The van der Waals surface area contributed by atoms with E-state index in [0.29, 0.717) is 0 Å². The van der Waals surface area contributed by atoms with Crippen LogP contribution in [0.2, 0.25) is 0 Å². The van der Waals surface area contributed by atoms with Crippen molar-refractivity contribution in [1.82, 2.24) is 0 Å². The molecule has 1 aromatic carbocycles. The van der Waals surface area contributed by atoms with E-state index in [4.69, 9.17) is 9.84 Å². The van der Waals surface area contributed by atoms with Crippen molar-refractivity contribution in [1.29, 1.82) is 0 Å². The number of alkyl halides is 3. The second kappa shape index (κ2) is 4.96. The molecule has 0 aliphatic heterocycles. The molecule has 0 saturated heterocycles. The van der Waals surface area contributed by atoms with Gasteiger partial charge >= 0.3 is 6.18 Å². The Balaban J connectivity index is 2.85. The van der Waals surface area contributed by atoms with Crippen molar-refractivity contribution in [3.05, 3.63) is 29.8 Å². The van der Waals surface area contributed by atoms with Crippen molar-refractivity contribution in [3.63, 3.8) is 0 Å². The fourth-order valence-corrected chi connectivity index (χ4v) is 1.15. The smallest absolute Gasteiger partial charge is 0.419 e. The van der Waals surface area contributed by atoms with E-state index in [2.05, 4.69) is 0 Å². The summed E-state index contributed by atoms with van der Waals surface area (Å²) < 4.78 is 43.0. The molecule has 0 amide bonds. The topological polar surface area (TPSA) is 29.5 Å². The Morgan fingerprint density at radius 3 is 2.29 bits per heavy atom. The van der Waals surface area contributed by atoms with Crippen LogP contribution in [0, 0.1) is 5.41 Å². The van der Waals surface area contributed by atoms with Crippen LogP contribution in [-0.2, 0) is 6.18 Å². The molecule has 0 bridgehead atoms. The molecule has 0 heterocycles. The monoisotopic (exact) mass is 248 g/mol. The standard InChI is InChI=1S/C12H15F3O2/c1-11(2,7-16)8-17-10-6-4-3-5-9(10)12(13,14)15/h3-6,16H,7-8H2,1-2H3. The molecule has 1 N–H and O–H groups in total. The van der Waals surface area contributed by atoms with Gasteiger partial charge in [-0.1, -0.05) is 26.0 Å². The number of rotatable bonds is 4. The van der Waals surface area contributed by atoms with Gasteiger partial charge in [0.25, 0.3) is 0 Å². The van der Waals surface area contributed by atoms with Crippen molar-refractivity contribution in [2.75, 3.05) is 13.2 Å². The third-order valence-electron chi connectivity index (χ3n) is 2.24. The summed E-state index contributed by atoms with van der Waals surface area (Å²) in [6, 6.07) is 5.04. The molecule has 0 spiro atoms. The lowest BCUT2D eigenvalue weighted by Crippen LogP contribution is -2.26. The van der Waals surface area contributed by atoms with E-state index in [9.17, 15) is 13.2 Å². The Morgan fingerprint density at radius 2 is 1.76 bits per heavy atom. The molecular weight excluding hydrogens is 233 g/mol. The van der Waals surface area contributed by atoms with E-state index in [1.54, 1.807) is 13.8 Å². The molecule has 0 atom stereocenters. The summed E-state index contributed by atoms with van der Waals surface area (Å²) >= 11 is 0. The first kappa shape index (κ1) is 13.8. The normalized spacial score (nSPS) is 12.6. The zero-order valence-corrected chi connectivity index (χ0v) is 9.71. The number of halogens is 3. The van der Waals surface area contributed by atoms with Crippen LogP contribution in [0.4, 0.5) is 13.2 Å². The molecule has 0 fully saturated rings. The fourth-order valence-electron chi connectivity index (χ4n) is 1.15. The molecule has 96 valence electrons. The summed E-state index contributed by atoms with van der Waals surface area (Å²) in [6.07, 6.45) is -4.43. The van der Waals surface area contributed by atoms with Crippen molar-refractivity contribution in [2.45, 2.75) is 20.0 Å². The molecule has 17 heavy (non-hydrogen) atoms. The van der Waals surface area contributed by atoms with E-state index >= 15 is 0 Å². The Morgan fingerprint density at radius 1 is 1.18 bits per heavy atom.